The van der Waals surface area contributed by atoms with Crippen LogP contribution < -0.4 is 5.32 Å². The first-order valence-corrected chi connectivity index (χ1v) is 10.2. The number of nitrogens with one attached hydrogen (secondary N) is 1. The van der Waals surface area contributed by atoms with Crippen molar-refractivity contribution >= 4 is 27.3 Å². The van der Waals surface area contributed by atoms with Crippen molar-refractivity contribution in [1.29, 1.82) is 0 Å². The Hall–Kier alpha value is -1.35. The first-order valence-electron chi connectivity index (χ1n) is 9.41. The molecule has 1 heterocycles. The zero-order valence-electron chi connectivity index (χ0n) is 14.3. The molecule has 1 amide bonds. The molecule has 24 heavy (non-hydrogen) atoms. The van der Waals surface area contributed by atoms with Crippen LogP contribution in [0.25, 0.3) is 10.1 Å². The van der Waals surface area contributed by atoms with Gasteiger partial charge in [-0.25, -0.2) is 0 Å². The van der Waals surface area contributed by atoms with Crippen LogP contribution in [0.5, 0.6) is 0 Å². The largest absolute Gasteiger partial charge is 0.348 e. The monoisotopic (exact) mass is 339 g/mol. The fourth-order valence-corrected chi connectivity index (χ4v) is 7.19. The van der Waals surface area contributed by atoms with Gasteiger partial charge in [0.1, 0.15) is 0 Å². The summed E-state index contributed by atoms with van der Waals surface area (Å²) < 4.78 is 1.20. The predicted octanol–water partition coefficient (Wildman–Crippen LogP) is 5.24. The van der Waals surface area contributed by atoms with Gasteiger partial charge < -0.3 is 5.32 Å². The van der Waals surface area contributed by atoms with Crippen molar-refractivity contribution in [2.75, 3.05) is 0 Å². The van der Waals surface area contributed by atoms with Gasteiger partial charge in [0.25, 0.3) is 5.91 Å². The Bertz CT molecular complexity index is 724. The molecule has 2 aromatic rings. The second-order valence-corrected chi connectivity index (χ2v) is 9.71. The highest BCUT2D eigenvalue weighted by atomic mass is 32.1. The van der Waals surface area contributed by atoms with Crippen LogP contribution in [0.4, 0.5) is 0 Å². The van der Waals surface area contributed by atoms with Crippen molar-refractivity contribution in [3.05, 3.63) is 35.2 Å². The molecule has 4 aliphatic rings. The summed E-state index contributed by atoms with van der Waals surface area (Å²) in [5, 5.41) is 4.56. The molecule has 0 spiro atoms. The van der Waals surface area contributed by atoms with E-state index >= 15 is 0 Å². The summed E-state index contributed by atoms with van der Waals surface area (Å²) in [6.45, 7) is 2.26. The van der Waals surface area contributed by atoms with Crippen molar-refractivity contribution in [3.63, 3.8) is 0 Å². The van der Waals surface area contributed by atoms with Gasteiger partial charge in [-0.1, -0.05) is 18.2 Å². The summed E-state index contributed by atoms with van der Waals surface area (Å²) in [7, 11) is 0. The molecule has 0 aliphatic heterocycles. The Labute approximate surface area is 147 Å². The minimum absolute atomic E-state index is 0.124. The van der Waals surface area contributed by atoms with Crippen LogP contribution in [0.1, 0.15) is 55.1 Å². The van der Waals surface area contributed by atoms with E-state index in [0.29, 0.717) is 11.5 Å². The van der Waals surface area contributed by atoms with Crippen molar-refractivity contribution in [1.82, 2.24) is 5.32 Å². The second-order valence-electron chi connectivity index (χ2n) is 8.62. The Kier molecular flexibility index (Phi) is 3.31. The molecule has 4 aliphatic carbocycles. The van der Waals surface area contributed by atoms with Crippen LogP contribution in [-0.4, -0.2) is 11.9 Å². The van der Waals surface area contributed by atoms with Crippen molar-refractivity contribution in [2.45, 2.75) is 51.5 Å². The lowest BCUT2D eigenvalue weighted by molar-refractivity contribution is -0.0687. The van der Waals surface area contributed by atoms with Crippen LogP contribution in [0.2, 0.25) is 0 Å². The summed E-state index contributed by atoms with van der Waals surface area (Å²) in [4.78, 5) is 13.7. The number of carbonyl (C=O) groups excluding carboxylic acids is 1. The quantitative estimate of drug-likeness (QED) is 0.814. The second kappa shape index (κ2) is 5.32. The summed E-state index contributed by atoms with van der Waals surface area (Å²) in [6.07, 6.45) is 8.38. The Morgan fingerprint density at radius 2 is 1.75 bits per heavy atom. The van der Waals surface area contributed by atoms with Crippen molar-refractivity contribution < 1.29 is 4.79 Å². The van der Waals surface area contributed by atoms with E-state index in [9.17, 15) is 4.79 Å². The predicted molar refractivity (Wildman–Crippen MR) is 99.4 cm³/mol. The van der Waals surface area contributed by atoms with Gasteiger partial charge in [0.05, 0.1) is 4.88 Å². The molecule has 1 N–H and O–H groups in total. The molecule has 126 valence electrons. The zero-order chi connectivity index (χ0) is 16.3. The summed E-state index contributed by atoms with van der Waals surface area (Å²) in [5.41, 5.74) is 0.376. The number of fused-ring (bicyclic) bond motifs is 1. The van der Waals surface area contributed by atoms with E-state index < -0.39 is 0 Å². The molecule has 2 nitrogen and oxygen atoms in total. The summed E-state index contributed by atoms with van der Waals surface area (Å²) in [5.74, 6) is 2.92. The van der Waals surface area contributed by atoms with Gasteiger partial charge in [-0.2, -0.15) is 0 Å². The molecular weight excluding hydrogens is 314 g/mol. The van der Waals surface area contributed by atoms with Crippen molar-refractivity contribution in [2.24, 2.45) is 23.2 Å². The van der Waals surface area contributed by atoms with Crippen molar-refractivity contribution in [3.8, 4) is 0 Å². The smallest absolute Gasteiger partial charge is 0.261 e. The fourth-order valence-electron chi connectivity index (χ4n) is 6.22. The molecular formula is C21H25NOS. The molecule has 1 aromatic heterocycles. The number of benzene rings is 1. The maximum atomic E-state index is 12.8. The van der Waals surface area contributed by atoms with Crippen LogP contribution in [-0.2, 0) is 0 Å². The highest BCUT2D eigenvalue weighted by molar-refractivity contribution is 7.20. The fraction of sp³-hybridized carbons (Fsp3) is 0.571. The molecule has 3 heteroatoms. The van der Waals surface area contributed by atoms with E-state index in [-0.39, 0.29) is 5.91 Å². The van der Waals surface area contributed by atoms with E-state index in [0.717, 1.165) is 22.6 Å². The Balaban J connectivity index is 1.36. The van der Waals surface area contributed by atoms with E-state index in [1.807, 2.05) is 18.2 Å². The van der Waals surface area contributed by atoms with Gasteiger partial charge >= 0.3 is 0 Å². The number of hydrogen-bond acceptors (Lipinski definition) is 2. The van der Waals surface area contributed by atoms with E-state index in [1.54, 1.807) is 11.3 Å². The van der Waals surface area contributed by atoms with Gasteiger partial charge in [-0.15, -0.1) is 11.3 Å². The van der Waals surface area contributed by atoms with Gasteiger partial charge in [0.15, 0.2) is 0 Å². The summed E-state index contributed by atoms with van der Waals surface area (Å²) >= 11 is 1.61. The third-order valence-corrected chi connectivity index (χ3v) is 8.12. The van der Waals surface area contributed by atoms with Gasteiger partial charge in [-0.3, -0.25) is 4.79 Å². The van der Waals surface area contributed by atoms with Gasteiger partial charge in [0.2, 0.25) is 0 Å². The number of hydrogen-bond donors (Lipinski definition) is 1. The molecule has 1 aromatic carbocycles. The summed E-state index contributed by atoms with van der Waals surface area (Å²) in [6, 6.07) is 10.6. The first kappa shape index (κ1) is 14.9. The lowest BCUT2D eigenvalue weighted by atomic mass is 9.48. The van der Waals surface area contributed by atoms with E-state index in [4.69, 9.17) is 0 Å². The lowest BCUT2D eigenvalue weighted by Gasteiger charge is -2.59. The molecule has 4 bridgehead atoms. The van der Waals surface area contributed by atoms with E-state index in [2.05, 4.69) is 24.4 Å². The Morgan fingerprint density at radius 3 is 2.38 bits per heavy atom. The number of rotatable bonds is 3. The highest BCUT2D eigenvalue weighted by Gasteiger charge is 2.53. The van der Waals surface area contributed by atoms with Gasteiger partial charge in [0, 0.05) is 10.7 Å². The van der Waals surface area contributed by atoms with Crippen LogP contribution in [0.3, 0.4) is 0 Å². The van der Waals surface area contributed by atoms with Gasteiger partial charge in [-0.05, 0) is 86.1 Å². The number of amides is 1. The highest BCUT2D eigenvalue weighted by Crippen LogP contribution is 2.61. The average Bonchev–Trinajstić information content (AvgIpc) is 2.97. The normalized spacial score (nSPS) is 35.3. The number of carbonyl (C=O) groups is 1. The van der Waals surface area contributed by atoms with Crippen LogP contribution in [0.15, 0.2) is 30.3 Å². The minimum atomic E-state index is 0.124. The standard InChI is InChI=1S/C21H25NOS/c1-13(21-10-14-6-15(11-21)8-16(7-14)12-21)22-20(23)19-9-17-4-2-3-5-18(17)24-19/h2-5,9,13-16H,6-8,10-12H2,1H3,(H,22,23)/t13-,14?,15?,16?,21?/m0/s1. The molecule has 4 saturated carbocycles. The molecule has 0 radical (unpaired) electrons. The van der Waals surface area contributed by atoms with E-state index in [1.165, 1.54) is 48.6 Å². The third-order valence-electron chi connectivity index (χ3n) is 7.00. The number of thiophene rings is 1. The van der Waals surface area contributed by atoms with Crippen LogP contribution in [0, 0.1) is 23.2 Å². The molecule has 0 saturated heterocycles. The van der Waals surface area contributed by atoms with Crippen LogP contribution >= 0.6 is 11.3 Å². The maximum absolute atomic E-state index is 12.8. The maximum Gasteiger partial charge on any atom is 0.261 e. The SMILES string of the molecule is C[C@H](NC(=O)c1cc2ccccc2s1)C12CC3CC(CC(C3)C1)C2. The minimum Gasteiger partial charge on any atom is -0.348 e. The zero-order valence-corrected chi connectivity index (χ0v) is 15.1. The lowest BCUT2D eigenvalue weighted by Crippen LogP contribution is -2.55. The molecule has 1 atom stereocenters. The average molecular weight is 340 g/mol. The molecule has 4 fully saturated rings. The molecule has 0 unspecified atom stereocenters. The third kappa shape index (κ3) is 2.32. The molecule has 6 rings (SSSR count). The Morgan fingerprint density at radius 1 is 1.12 bits per heavy atom. The first-order chi connectivity index (χ1) is 11.6. The topological polar surface area (TPSA) is 29.1 Å².